The maximum atomic E-state index is 13.6. The Hall–Kier alpha value is -1.73. The summed E-state index contributed by atoms with van der Waals surface area (Å²) in [6, 6.07) is 3.88. The molecular weight excluding hydrogens is 258 g/mol. The summed E-state index contributed by atoms with van der Waals surface area (Å²) in [6.45, 7) is 0.862. The predicted octanol–water partition coefficient (Wildman–Crippen LogP) is 3.82. The highest BCUT2D eigenvalue weighted by Crippen LogP contribution is 2.19. The van der Waals surface area contributed by atoms with Crippen LogP contribution in [-0.4, -0.2) is 6.54 Å². The summed E-state index contributed by atoms with van der Waals surface area (Å²) in [7, 11) is 0. The topological polar surface area (TPSA) is 35.8 Å². The van der Waals surface area contributed by atoms with Gasteiger partial charge in [-0.1, -0.05) is 11.6 Å². The summed E-state index contributed by atoms with van der Waals surface area (Å²) in [5, 5.41) is 11.7. The van der Waals surface area contributed by atoms with Gasteiger partial charge in [0, 0.05) is 12.1 Å². The first kappa shape index (κ1) is 14.7. The monoisotopic (exact) mass is 276 g/mol. The van der Waals surface area contributed by atoms with Gasteiger partial charge in [0.25, 0.3) is 0 Å². The third-order valence-corrected chi connectivity index (χ3v) is 3.58. The zero-order valence-electron chi connectivity index (χ0n) is 11.4. The van der Waals surface area contributed by atoms with Crippen molar-refractivity contribution in [2.75, 3.05) is 6.54 Å². The molecule has 0 bridgehead atoms. The van der Waals surface area contributed by atoms with Crippen molar-refractivity contribution in [1.82, 2.24) is 5.32 Å². The standard InChI is InChI=1S/C16H18F2N2/c17-15-8-13(10-19)9-16(18)14(15)11-20-7-6-12-4-2-1-3-5-12/h4,8-9,20H,1-3,5-7,11H2. The Morgan fingerprint density at radius 3 is 2.55 bits per heavy atom. The first-order valence-corrected chi connectivity index (χ1v) is 6.97. The third kappa shape index (κ3) is 3.88. The Morgan fingerprint density at radius 2 is 1.95 bits per heavy atom. The second-order valence-electron chi connectivity index (χ2n) is 5.07. The van der Waals surface area contributed by atoms with Crippen molar-refractivity contribution in [3.63, 3.8) is 0 Å². The van der Waals surface area contributed by atoms with E-state index < -0.39 is 11.6 Å². The van der Waals surface area contributed by atoms with E-state index in [0.717, 1.165) is 31.4 Å². The van der Waals surface area contributed by atoms with Crippen LogP contribution in [0, 0.1) is 23.0 Å². The number of hydrogen-bond acceptors (Lipinski definition) is 2. The molecule has 2 nitrogen and oxygen atoms in total. The van der Waals surface area contributed by atoms with Crippen LogP contribution in [0.1, 0.15) is 43.2 Å². The molecule has 0 heterocycles. The highest BCUT2D eigenvalue weighted by Gasteiger charge is 2.11. The summed E-state index contributed by atoms with van der Waals surface area (Å²) < 4.78 is 27.3. The normalized spacial score (nSPS) is 14.8. The molecule has 0 fully saturated rings. The van der Waals surface area contributed by atoms with E-state index in [2.05, 4.69) is 11.4 Å². The largest absolute Gasteiger partial charge is 0.312 e. The molecule has 2 rings (SSSR count). The van der Waals surface area contributed by atoms with Crippen molar-refractivity contribution >= 4 is 0 Å². The maximum Gasteiger partial charge on any atom is 0.131 e. The molecule has 0 spiro atoms. The van der Waals surface area contributed by atoms with Crippen molar-refractivity contribution < 1.29 is 8.78 Å². The van der Waals surface area contributed by atoms with Crippen LogP contribution in [0.15, 0.2) is 23.8 Å². The number of nitrogens with one attached hydrogen (secondary N) is 1. The quantitative estimate of drug-likeness (QED) is 0.655. The first-order chi connectivity index (χ1) is 9.70. The minimum absolute atomic E-state index is 0.00150. The van der Waals surface area contributed by atoms with Gasteiger partial charge < -0.3 is 5.32 Å². The molecule has 0 saturated heterocycles. The van der Waals surface area contributed by atoms with E-state index in [1.807, 2.05) is 0 Å². The van der Waals surface area contributed by atoms with Crippen LogP contribution in [0.2, 0.25) is 0 Å². The highest BCUT2D eigenvalue weighted by molar-refractivity contribution is 5.34. The van der Waals surface area contributed by atoms with Crippen LogP contribution in [0.3, 0.4) is 0 Å². The first-order valence-electron chi connectivity index (χ1n) is 6.97. The molecule has 4 heteroatoms. The van der Waals surface area contributed by atoms with Gasteiger partial charge in [-0.15, -0.1) is 0 Å². The van der Waals surface area contributed by atoms with Crippen molar-refractivity contribution in [1.29, 1.82) is 5.26 Å². The molecule has 1 aromatic rings. The van der Waals surface area contributed by atoms with Crippen molar-refractivity contribution in [2.45, 2.75) is 38.6 Å². The number of nitriles is 1. The lowest BCUT2D eigenvalue weighted by molar-refractivity contribution is 0.533. The van der Waals surface area contributed by atoms with Crippen LogP contribution >= 0.6 is 0 Å². The number of hydrogen-bond donors (Lipinski definition) is 1. The Morgan fingerprint density at radius 1 is 1.20 bits per heavy atom. The minimum atomic E-state index is -0.661. The van der Waals surface area contributed by atoms with Crippen molar-refractivity contribution in [3.8, 4) is 6.07 Å². The van der Waals surface area contributed by atoms with Gasteiger partial charge in [-0.25, -0.2) is 8.78 Å². The van der Waals surface area contributed by atoms with E-state index in [4.69, 9.17) is 5.26 Å². The summed E-state index contributed by atoms with van der Waals surface area (Å²) in [5.74, 6) is -1.32. The second-order valence-corrected chi connectivity index (χ2v) is 5.07. The Kier molecular flexibility index (Phi) is 5.25. The van der Waals surface area contributed by atoms with Gasteiger partial charge in [-0.2, -0.15) is 5.26 Å². The minimum Gasteiger partial charge on any atom is -0.312 e. The van der Waals surface area contributed by atoms with Crippen LogP contribution in [0.5, 0.6) is 0 Å². The van der Waals surface area contributed by atoms with Gasteiger partial charge in [0.15, 0.2) is 0 Å². The van der Waals surface area contributed by atoms with E-state index in [0.29, 0.717) is 6.54 Å². The number of nitrogens with zero attached hydrogens (tertiary/aromatic N) is 1. The Labute approximate surface area is 118 Å². The van der Waals surface area contributed by atoms with Crippen molar-refractivity contribution in [2.24, 2.45) is 0 Å². The van der Waals surface area contributed by atoms with Gasteiger partial charge in [-0.05, 0) is 50.8 Å². The molecule has 0 amide bonds. The maximum absolute atomic E-state index is 13.6. The predicted molar refractivity (Wildman–Crippen MR) is 73.9 cm³/mol. The van der Waals surface area contributed by atoms with Gasteiger partial charge in [0.1, 0.15) is 11.6 Å². The average Bonchev–Trinajstić information content (AvgIpc) is 2.46. The zero-order valence-corrected chi connectivity index (χ0v) is 11.4. The van der Waals surface area contributed by atoms with Gasteiger partial charge in [0.05, 0.1) is 11.6 Å². The fraction of sp³-hybridized carbons (Fsp3) is 0.438. The molecule has 0 atom stereocenters. The number of benzene rings is 1. The number of allylic oxidation sites excluding steroid dienone is 1. The fourth-order valence-electron chi connectivity index (χ4n) is 2.43. The van der Waals surface area contributed by atoms with Gasteiger partial charge >= 0.3 is 0 Å². The number of halogens is 2. The second kappa shape index (κ2) is 7.16. The van der Waals surface area contributed by atoms with E-state index >= 15 is 0 Å². The van der Waals surface area contributed by atoms with E-state index in [9.17, 15) is 8.78 Å². The molecule has 0 aromatic heterocycles. The summed E-state index contributed by atoms with van der Waals surface area (Å²) in [4.78, 5) is 0. The van der Waals surface area contributed by atoms with Crippen molar-refractivity contribution in [3.05, 3.63) is 46.5 Å². The molecular formula is C16H18F2N2. The average molecular weight is 276 g/mol. The third-order valence-electron chi connectivity index (χ3n) is 3.58. The van der Waals surface area contributed by atoms with E-state index in [1.54, 1.807) is 6.07 Å². The fourth-order valence-corrected chi connectivity index (χ4v) is 2.43. The molecule has 1 aliphatic carbocycles. The van der Waals surface area contributed by atoms with Crippen LogP contribution in [0.25, 0.3) is 0 Å². The van der Waals surface area contributed by atoms with Crippen LogP contribution in [0.4, 0.5) is 8.78 Å². The molecule has 1 N–H and O–H groups in total. The molecule has 0 aliphatic heterocycles. The molecule has 1 aliphatic rings. The zero-order chi connectivity index (χ0) is 14.4. The van der Waals surface area contributed by atoms with E-state index in [1.165, 1.54) is 18.4 Å². The van der Waals surface area contributed by atoms with Gasteiger partial charge in [-0.3, -0.25) is 0 Å². The lowest BCUT2D eigenvalue weighted by Gasteiger charge is -2.13. The summed E-state index contributed by atoms with van der Waals surface area (Å²) in [5.41, 5.74) is 1.45. The number of rotatable bonds is 5. The molecule has 0 saturated carbocycles. The Bertz CT molecular complexity index is 521. The summed E-state index contributed by atoms with van der Waals surface area (Å²) in [6.07, 6.45) is 7.99. The van der Waals surface area contributed by atoms with Gasteiger partial charge in [0.2, 0.25) is 0 Å². The lowest BCUT2D eigenvalue weighted by atomic mass is 9.97. The summed E-state index contributed by atoms with van der Waals surface area (Å²) >= 11 is 0. The molecule has 1 aromatic carbocycles. The lowest BCUT2D eigenvalue weighted by Crippen LogP contribution is -2.17. The smallest absolute Gasteiger partial charge is 0.131 e. The molecule has 20 heavy (non-hydrogen) atoms. The Balaban J connectivity index is 1.85. The SMILES string of the molecule is N#Cc1cc(F)c(CNCCC2=CCCCC2)c(F)c1. The molecule has 106 valence electrons. The molecule has 0 unspecified atom stereocenters. The molecule has 0 radical (unpaired) electrons. The van der Waals surface area contributed by atoms with Crippen LogP contribution < -0.4 is 5.32 Å². The highest BCUT2D eigenvalue weighted by atomic mass is 19.1. The van der Waals surface area contributed by atoms with Crippen LogP contribution in [-0.2, 0) is 6.54 Å². The van der Waals surface area contributed by atoms with E-state index in [-0.39, 0.29) is 17.7 Å².